The van der Waals surface area contributed by atoms with Crippen molar-refractivity contribution < 1.29 is 23.1 Å². The van der Waals surface area contributed by atoms with Crippen LogP contribution in [0.2, 0.25) is 0 Å². The van der Waals surface area contributed by atoms with Crippen LogP contribution in [0.25, 0.3) is 0 Å². The van der Waals surface area contributed by atoms with Crippen molar-refractivity contribution in [1.29, 1.82) is 0 Å². The zero-order valence-corrected chi connectivity index (χ0v) is 11.3. The molecule has 0 spiro atoms. The number of anilines is 1. The van der Waals surface area contributed by atoms with Crippen LogP contribution in [-0.2, 0) is 17.6 Å². The van der Waals surface area contributed by atoms with Gasteiger partial charge in [-0.2, -0.15) is 13.2 Å². The standard InChI is InChI=1S/C13H17F3N2O2/c1-17-12(20)5-6-18(2)10-4-3-9(8-19)11(7-10)13(14,15)16/h3-4,7,19H,5-6,8H2,1-2H3,(H,17,20). The molecular formula is C13H17F3N2O2. The number of aliphatic hydroxyl groups is 1. The van der Waals surface area contributed by atoms with Crippen LogP contribution >= 0.6 is 0 Å². The van der Waals surface area contributed by atoms with Crippen LogP contribution in [0.3, 0.4) is 0 Å². The van der Waals surface area contributed by atoms with E-state index < -0.39 is 18.3 Å². The number of hydrogen-bond donors (Lipinski definition) is 2. The number of amides is 1. The Morgan fingerprint density at radius 1 is 1.40 bits per heavy atom. The Labute approximate surface area is 115 Å². The number of nitrogens with one attached hydrogen (secondary N) is 1. The van der Waals surface area contributed by atoms with E-state index in [0.29, 0.717) is 12.2 Å². The molecule has 1 aromatic carbocycles. The maximum atomic E-state index is 12.9. The molecule has 0 aliphatic heterocycles. The van der Waals surface area contributed by atoms with Crippen LogP contribution in [0.1, 0.15) is 17.5 Å². The van der Waals surface area contributed by atoms with Crippen LogP contribution in [-0.4, -0.2) is 31.7 Å². The van der Waals surface area contributed by atoms with Gasteiger partial charge in [0.25, 0.3) is 0 Å². The maximum absolute atomic E-state index is 12.9. The predicted molar refractivity (Wildman–Crippen MR) is 69.3 cm³/mol. The van der Waals surface area contributed by atoms with Gasteiger partial charge in [-0.05, 0) is 17.7 Å². The summed E-state index contributed by atoms with van der Waals surface area (Å²) in [6, 6.07) is 3.72. The third-order valence-electron chi connectivity index (χ3n) is 2.96. The molecule has 0 aliphatic carbocycles. The fourth-order valence-electron chi connectivity index (χ4n) is 1.73. The molecule has 1 aromatic rings. The highest BCUT2D eigenvalue weighted by molar-refractivity contribution is 5.76. The summed E-state index contributed by atoms with van der Waals surface area (Å²) in [6.45, 7) is -0.369. The highest BCUT2D eigenvalue weighted by atomic mass is 19.4. The first-order valence-electron chi connectivity index (χ1n) is 6.02. The lowest BCUT2D eigenvalue weighted by atomic mass is 10.1. The molecule has 0 aliphatic rings. The molecule has 1 amide bonds. The molecule has 0 saturated carbocycles. The molecule has 0 bridgehead atoms. The van der Waals surface area contributed by atoms with Crippen molar-refractivity contribution in [2.75, 3.05) is 25.5 Å². The number of hydrogen-bond acceptors (Lipinski definition) is 3. The lowest BCUT2D eigenvalue weighted by Gasteiger charge is -2.21. The van der Waals surface area contributed by atoms with Crippen molar-refractivity contribution in [3.63, 3.8) is 0 Å². The van der Waals surface area contributed by atoms with E-state index in [-0.39, 0.29) is 17.9 Å². The molecule has 0 unspecified atom stereocenters. The minimum atomic E-state index is -4.52. The molecular weight excluding hydrogens is 273 g/mol. The Hall–Kier alpha value is -1.76. The van der Waals surface area contributed by atoms with Gasteiger partial charge in [0, 0.05) is 32.7 Å². The Balaban J connectivity index is 2.94. The molecule has 0 heterocycles. The topological polar surface area (TPSA) is 52.6 Å². The number of benzene rings is 1. The number of aliphatic hydroxyl groups excluding tert-OH is 1. The van der Waals surface area contributed by atoms with Gasteiger partial charge in [0.2, 0.25) is 5.91 Å². The number of carbonyl (C=O) groups excluding carboxylic acids is 1. The average molecular weight is 290 g/mol. The third kappa shape index (κ3) is 4.12. The normalized spacial score (nSPS) is 11.3. The summed E-state index contributed by atoms with van der Waals surface area (Å²) in [5.74, 6) is -0.181. The first-order chi connectivity index (χ1) is 9.29. The molecule has 7 heteroatoms. The molecule has 0 fully saturated rings. The van der Waals surface area contributed by atoms with Crippen LogP contribution in [0.5, 0.6) is 0 Å². The van der Waals surface area contributed by atoms with Crippen molar-refractivity contribution in [3.05, 3.63) is 29.3 Å². The van der Waals surface area contributed by atoms with Crippen LogP contribution in [0, 0.1) is 0 Å². The molecule has 0 aromatic heterocycles. The van der Waals surface area contributed by atoms with E-state index >= 15 is 0 Å². The fourth-order valence-corrected chi connectivity index (χ4v) is 1.73. The molecule has 20 heavy (non-hydrogen) atoms. The van der Waals surface area contributed by atoms with Crippen molar-refractivity contribution in [2.45, 2.75) is 19.2 Å². The van der Waals surface area contributed by atoms with Crippen LogP contribution in [0.4, 0.5) is 18.9 Å². The van der Waals surface area contributed by atoms with Gasteiger partial charge in [0.15, 0.2) is 0 Å². The Kier molecular flexibility index (Phi) is 5.38. The molecule has 1 rings (SSSR count). The third-order valence-corrected chi connectivity index (χ3v) is 2.96. The van der Waals surface area contributed by atoms with Gasteiger partial charge in [0.05, 0.1) is 12.2 Å². The van der Waals surface area contributed by atoms with Crippen molar-refractivity contribution in [1.82, 2.24) is 5.32 Å². The monoisotopic (exact) mass is 290 g/mol. The second-order valence-electron chi connectivity index (χ2n) is 4.34. The van der Waals surface area contributed by atoms with Crippen molar-refractivity contribution >= 4 is 11.6 Å². The van der Waals surface area contributed by atoms with E-state index in [2.05, 4.69) is 5.32 Å². The van der Waals surface area contributed by atoms with E-state index in [1.807, 2.05) is 0 Å². The summed E-state index contributed by atoms with van der Waals surface area (Å²) in [5, 5.41) is 11.4. The van der Waals surface area contributed by atoms with Crippen LogP contribution in [0.15, 0.2) is 18.2 Å². The van der Waals surface area contributed by atoms with Gasteiger partial charge in [-0.25, -0.2) is 0 Å². The maximum Gasteiger partial charge on any atom is 0.416 e. The number of rotatable bonds is 5. The summed E-state index contributed by atoms with van der Waals surface area (Å²) in [7, 11) is 3.11. The first kappa shape index (κ1) is 16.3. The molecule has 4 nitrogen and oxygen atoms in total. The van der Waals surface area contributed by atoms with Crippen LogP contribution < -0.4 is 10.2 Å². The van der Waals surface area contributed by atoms with Gasteiger partial charge in [-0.15, -0.1) is 0 Å². The molecule has 0 atom stereocenters. The van der Waals surface area contributed by atoms with Crippen molar-refractivity contribution in [3.8, 4) is 0 Å². The number of halogens is 3. The lowest BCUT2D eigenvalue weighted by Crippen LogP contribution is -2.26. The average Bonchev–Trinajstić information content (AvgIpc) is 2.42. The smallest absolute Gasteiger partial charge is 0.392 e. The Bertz CT molecular complexity index is 475. The Morgan fingerprint density at radius 3 is 2.55 bits per heavy atom. The second kappa shape index (κ2) is 6.60. The Morgan fingerprint density at radius 2 is 2.05 bits per heavy atom. The van der Waals surface area contributed by atoms with E-state index in [0.717, 1.165) is 6.07 Å². The van der Waals surface area contributed by atoms with E-state index in [4.69, 9.17) is 5.11 Å². The zero-order valence-electron chi connectivity index (χ0n) is 11.3. The summed E-state index contributed by atoms with van der Waals surface area (Å²) in [6.07, 6.45) is -4.33. The first-order valence-corrected chi connectivity index (χ1v) is 6.02. The summed E-state index contributed by atoms with van der Waals surface area (Å²) < 4.78 is 38.6. The van der Waals surface area contributed by atoms with E-state index in [9.17, 15) is 18.0 Å². The minimum absolute atomic E-state index is 0.166. The highest BCUT2D eigenvalue weighted by Gasteiger charge is 2.33. The van der Waals surface area contributed by atoms with E-state index in [1.54, 1.807) is 11.9 Å². The molecule has 0 radical (unpaired) electrons. The largest absolute Gasteiger partial charge is 0.416 e. The van der Waals surface area contributed by atoms with Gasteiger partial charge >= 0.3 is 6.18 Å². The fraction of sp³-hybridized carbons (Fsp3) is 0.462. The predicted octanol–water partition coefficient (Wildman–Crippen LogP) is 1.77. The number of nitrogens with zero attached hydrogens (tertiary/aromatic N) is 1. The SMILES string of the molecule is CNC(=O)CCN(C)c1ccc(CO)c(C(F)(F)F)c1. The van der Waals surface area contributed by atoms with Crippen molar-refractivity contribution in [2.24, 2.45) is 0 Å². The van der Waals surface area contributed by atoms with Gasteiger partial charge in [0.1, 0.15) is 0 Å². The lowest BCUT2D eigenvalue weighted by molar-refractivity contribution is -0.138. The second-order valence-corrected chi connectivity index (χ2v) is 4.34. The van der Waals surface area contributed by atoms with Gasteiger partial charge in [-0.1, -0.05) is 6.07 Å². The quantitative estimate of drug-likeness (QED) is 0.869. The van der Waals surface area contributed by atoms with Gasteiger partial charge in [-0.3, -0.25) is 4.79 Å². The summed E-state index contributed by atoms with van der Waals surface area (Å²) >= 11 is 0. The number of alkyl halides is 3. The number of carbonyl (C=O) groups is 1. The zero-order chi connectivity index (χ0) is 15.3. The van der Waals surface area contributed by atoms with Gasteiger partial charge < -0.3 is 15.3 Å². The summed E-state index contributed by atoms with van der Waals surface area (Å²) in [4.78, 5) is 12.7. The highest BCUT2D eigenvalue weighted by Crippen LogP contribution is 2.34. The minimum Gasteiger partial charge on any atom is -0.392 e. The molecule has 112 valence electrons. The summed E-state index contributed by atoms with van der Waals surface area (Å²) in [5.41, 5.74) is -0.677. The van der Waals surface area contributed by atoms with E-state index in [1.165, 1.54) is 19.2 Å². The molecule has 2 N–H and O–H groups in total. The molecule has 0 saturated heterocycles.